The zero-order valence-corrected chi connectivity index (χ0v) is 22.5. The lowest BCUT2D eigenvalue weighted by Gasteiger charge is -2.38. The number of anilines is 2. The first-order valence-electron chi connectivity index (χ1n) is 12.6. The molecule has 0 saturated heterocycles. The van der Waals surface area contributed by atoms with Gasteiger partial charge in [0, 0.05) is 31.0 Å². The average Bonchev–Trinajstić information content (AvgIpc) is 3.57. The number of nitrogens with one attached hydrogen (secondary N) is 3. The van der Waals surface area contributed by atoms with Gasteiger partial charge in [-0.1, -0.05) is 17.7 Å². The van der Waals surface area contributed by atoms with E-state index in [1.807, 2.05) is 26.0 Å². The fraction of sp³-hybridized carbons (Fsp3) is 0.385. The third kappa shape index (κ3) is 5.76. The largest absolute Gasteiger partial charge is 0.368 e. The van der Waals surface area contributed by atoms with Gasteiger partial charge in [-0.05, 0) is 51.2 Å². The molecule has 0 aromatic carbocycles. The van der Waals surface area contributed by atoms with Gasteiger partial charge in [-0.25, -0.2) is 24.0 Å². The summed E-state index contributed by atoms with van der Waals surface area (Å²) in [5, 5.41) is 17.6. The summed E-state index contributed by atoms with van der Waals surface area (Å²) in [5.41, 5.74) is 0.768. The molecule has 204 valence electrons. The molecule has 3 N–H and O–H groups in total. The van der Waals surface area contributed by atoms with Gasteiger partial charge in [0.05, 0.1) is 24.6 Å². The maximum atomic E-state index is 13.4. The highest BCUT2D eigenvalue weighted by molar-refractivity contribution is 6.32. The first-order chi connectivity index (χ1) is 18.8. The molecule has 1 fully saturated rings. The van der Waals surface area contributed by atoms with Crippen molar-refractivity contribution in [3.63, 3.8) is 0 Å². The zero-order chi connectivity index (χ0) is 27.6. The molecule has 1 aliphatic carbocycles. The second-order valence-corrected chi connectivity index (χ2v) is 10.1. The Bertz CT molecular complexity index is 1450. The number of carbonyl (C=O) groups excluding carboxylic acids is 1. The van der Waals surface area contributed by atoms with Crippen molar-refractivity contribution in [3.8, 4) is 5.82 Å². The van der Waals surface area contributed by atoms with Gasteiger partial charge in [-0.3, -0.25) is 9.89 Å². The van der Waals surface area contributed by atoms with Gasteiger partial charge in [0.1, 0.15) is 16.4 Å². The highest BCUT2D eigenvalue weighted by Crippen LogP contribution is 2.40. The molecule has 1 atom stereocenters. The van der Waals surface area contributed by atoms with Crippen molar-refractivity contribution >= 4 is 29.1 Å². The number of rotatable bonds is 8. The molecule has 4 aromatic rings. The van der Waals surface area contributed by atoms with Gasteiger partial charge in [0.25, 0.3) is 5.91 Å². The number of H-pyrrole nitrogens is 1. The number of nitrogens with zero attached hydrogens (tertiary/aromatic N) is 6. The Morgan fingerprint density at radius 3 is 2.67 bits per heavy atom. The molecular formula is C26H29ClFN9O2. The van der Waals surface area contributed by atoms with Crippen molar-refractivity contribution in [3.05, 3.63) is 70.9 Å². The maximum Gasteiger partial charge on any atom is 0.252 e. The highest BCUT2D eigenvalue weighted by Gasteiger charge is 2.43. The first-order valence-corrected chi connectivity index (χ1v) is 13.0. The molecule has 39 heavy (non-hydrogen) atoms. The molecule has 4 aromatic heterocycles. The van der Waals surface area contributed by atoms with Crippen molar-refractivity contribution in [1.82, 2.24) is 40.2 Å². The van der Waals surface area contributed by atoms with Gasteiger partial charge in [0.15, 0.2) is 23.3 Å². The van der Waals surface area contributed by atoms with E-state index >= 15 is 0 Å². The third-order valence-electron chi connectivity index (χ3n) is 7.08. The van der Waals surface area contributed by atoms with Crippen LogP contribution in [0, 0.1) is 12.7 Å². The van der Waals surface area contributed by atoms with Crippen LogP contribution in [0.1, 0.15) is 61.6 Å². The van der Waals surface area contributed by atoms with Crippen LogP contribution in [0.2, 0.25) is 5.02 Å². The fourth-order valence-corrected chi connectivity index (χ4v) is 4.90. The molecule has 0 radical (unpaired) electrons. The van der Waals surface area contributed by atoms with E-state index in [1.165, 1.54) is 10.9 Å². The van der Waals surface area contributed by atoms with Crippen molar-refractivity contribution in [2.24, 2.45) is 0 Å². The summed E-state index contributed by atoms with van der Waals surface area (Å²) in [6.07, 6.45) is 7.98. The summed E-state index contributed by atoms with van der Waals surface area (Å²) in [5.74, 6) is 1.69. The Labute approximate surface area is 229 Å². The summed E-state index contributed by atoms with van der Waals surface area (Å²) in [7, 11) is 1.57. The number of methoxy groups -OCH3 is 1. The SMILES string of the molecule is CO[C@]1(C(=O)N[C@@H](C)c2ccc(-n3cc(F)cn3)nc2)CC[C@H](c2ncc(Cl)c(Nc3cc(C)[nH]n3)n2)CC1. The molecule has 1 saturated carbocycles. The van der Waals surface area contributed by atoms with Crippen molar-refractivity contribution in [2.45, 2.75) is 57.1 Å². The van der Waals surface area contributed by atoms with Crippen LogP contribution in [0.3, 0.4) is 0 Å². The number of carbonyl (C=O) groups is 1. The fourth-order valence-electron chi connectivity index (χ4n) is 4.76. The van der Waals surface area contributed by atoms with E-state index in [1.54, 1.807) is 25.6 Å². The zero-order valence-electron chi connectivity index (χ0n) is 21.8. The highest BCUT2D eigenvalue weighted by atomic mass is 35.5. The van der Waals surface area contributed by atoms with E-state index in [0.717, 1.165) is 17.5 Å². The number of amides is 1. The van der Waals surface area contributed by atoms with Crippen LogP contribution < -0.4 is 10.6 Å². The number of aryl methyl sites for hydroxylation is 1. The minimum Gasteiger partial charge on any atom is -0.368 e. The van der Waals surface area contributed by atoms with Gasteiger partial charge in [-0.15, -0.1) is 0 Å². The van der Waals surface area contributed by atoms with Crippen LogP contribution in [0.25, 0.3) is 5.82 Å². The Kier molecular flexibility index (Phi) is 7.58. The van der Waals surface area contributed by atoms with Crippen LogP contribution in [-0.2, 0) is 9.53 Å². The van der Waals surface area contributed by atoms with Crippen LogP contribution in [0.4, 0.5) is 16.0 Å². The quantitative estimate of drug-likeness (QED) is 0.289. The molecular weight excluding hydrogens is 525 g/mol. The lowest BCUT2D eigenvalue weighted by atomic mass is 9.77. The summed E-state index contributed by atoms with van der Waals surface area (Å²) >= 11 is 6.32. The number of pyridine rings is 1. The third-order valence-corrected chi connectivity index (χ3v) is 7.36. The van der Waals surface area contributed by atoms with E-state index in [9.17, 15) is 9.18 Å². The summed E-state index contributed by atoms with van der Waals surface area (Å²) in [6.45, 7) is 3.79. The molecule has 1 amide bonds. The minimum atomic E-state index is -0.954. The van der Waals surface area contributed by atoms with E-state index in [0.29, 0.717) is 54.0 Å². The van der Waals surface area contributed by atoms with Crippen LogP contribution >= 0.6 is 11.6 Å². The van der Waals surface area contributed by atoms with E-state index in [2.05, 4.69) is 40.9 Å². The predicted molar refractivity (Wildman–Crippen MR) is 142 cm³/mol. The molecule has 1 aliphatic rings. The smallest absolute Gasteiger partial charge is 0.252 e. The number of halogens is 2. The van der Waals surface area contributed by atoms with Gasteiger partial charge >= 0.3 is 0 Å². The number of ether oxygens (including phenoxy) is 1. The lowest BCUT2D eigenvalue weighted by Crippen LogP contribution is -2.50. The summed E-state index contributed by atoms with van der Waals surface area (Å²) in [4.78, 5) is 26.8. The molecule has 0 bridgehead atoms. The first kappa shape index (κ1) is 26.7. The predicted octanol–water partition coefficient (Wildman–Crippen LogP) is 4.55. The Morgan fingerprint density at radius 1 is 1.26 bits per heavy atom. The molecule has 0 spiro atoms. The van der Waals surface area contributed by atoms with Crippen LogP contribution in [0.5, 0.6) is 0 Å². The molecule has 13 heteroatoms. The van der Waals surface area contributed by atoms with Gasteiger partial charge in [-0.2, -0.15) is 10.2 Å². The molecule has 4 heterocycles. The average molecular weight is 554 g/mol. The Balaban J connectivity index is 1.22. The topological polar surface area (TPSA) is 136 Å². The van der Waals surface area contributed by atoms with Crippen LogP contribution in [-0.4, -0.2) is 53.5 Å². The van der Waals surface area contributed by atoms with Gasteiger partial charge < -0.3 is 15.4 Å². The molecule has 0 aliphatic heterocycles. The number of hydrogen-bond donors (Lipinski definition) is 3. The van der Waals surface area contributed by atoms with Gasteiger partial charge in [0.2, 0.25) is 0 Å². The number of aromatic nitrogens is 7. The summed E-state index contributed by atoms with van der Waals surface area (Å²) in [6, 6.07) is 5.11. The van der Waals surface area contributed by atoms with Crippen molar-refractivity contribution < 1.29 is 13.9 Å². The van der Waals surface area contributed by atoms with Crippen molar-refractivity contribution in [1.29, 1.82) is 0 Å². The number of hydrogen-bond acceptors (Lipinski definition) is 8. The van der Waals surface area contributed by atoms with E-state index < -0.39 is 11.4 Å². The molecule has 5 rings (SSSR count). The molecule has 0 unspecified atom stereocenters. The number of aromatic amines is 1. The summed E-state index contributed by atoms with van der Waals surface area (Å²) < 4.78 is 20.4. The monoisotopic (exact) mass is 553 g/mol. The lowest BCUT2D eigenvalue weighted by molar-refractivity contribution is -0.148. The van der Waals surface area contributed by atoms with E-state index in [4.69, 9.17) is 16.3 Å². The maximum absolute atomic E-state index is 13.4. The standard InChI is InChI=1S/C26H29ClFN9O2/c1-15-10-21(36-35-15)33-24-20(27)13-30-23(34-24)17-6-8-26(39-3,9-7-17)25(38)32-16(2)18-4-5-22(29-11-18)37-14-19(28)12-31-37/h4-5,10-14,16-17H,6-9H2,1-3H3,(H,32,38)(H2,30,33,34,35,36)/t16-,17-,26+/m0/s1. The minimum absolute atomic E-state index is 0.0566. The van der Waals surface area contributed by atoms with Crippen molar-refractivity contribution in [2.75, 3.05) is 12.4 Å². The van der Waals surface area contributed by atoms with Crippen LogP contribution in [0.15, 0.2) is 43.0 Å². The normalized spacial score (nSPS) is 20.0. The second kappa shape index (κ2) is 11.1. The van der Waals surface area contributed by atoms with E-state index in [-0.39, 0.29) is 17.9 Å². The molecule has 11 nitrogen and oxygen atoms in total. The Morgan fingerprint density at radius 2 is 2.05 bits per heavy atom. The second-order valence-electron chi connectivity index (χ2n) is 9.71. The Hall–Kier alpha value is -3.90.